The van der Waals surface area contributed by atoms with E-state index >= 15 is 0 Å². The molecule has 2 atom stereocenters. The van der Waals surface area contributed by atoms with E-state index in [2.05, 4.69) is 35.6 Å². The normalized spacial score (nSPS) is 14.3. The van der Waals surface area contributed by atoms with Crippen molar-refractivity contribution in [3.63, 3.8) is 0 Å². The molecule has 12 nitrogen and oxygen atoms in total. The standard InChI is InChI=1S/C25H31N7O5S.C10H9F3/c1-15(2)27-24(34)32-38(4,37)20-7-5-6-19(12-20)29-23-26-13-21(22(31-23)28-16(3)14-33)17-8-10-18(11-9-17)30-25(35)36;11-10(12,13)9-3-1-2-8(6-9)7-4-5-7/h5-13,15-16,30,33H,14H2,1-4H3,(H,27,34)(H,35,36)(H2,26,28,29,31);1-3,6-7H,4-5H2/t16-,38?;/m1./s1. The molecular formula is C35H40F3N7O5S. The summed E-state index contributed by atoms with van der Waals surface area (Å²) in [4.78, 5) is 32.2. The third-order valence-electron chi connectivity index (χ3n) is 7.35. The summed E-state index contributed by atoms with van der Waals surface area (Å²) in [5.74, 6) is 1.06. The van der Waals surface area contributed by atoms with Crippen molar-refractivity contribution in [2.75, 3.05) is 28.8 Å². The number of nitrogens with zero attached hydrogens (tertiary/aromatic N) is 3. The largest absolute Gasteiger partial charge is 0.465 e. The number of carbonyl (C=O) groups excluding carboxylic acids is 1. The summed E-state index contributed by atoms with van der Waals surface area (Å²) in [7, 11) is -3.00. The Morgan fingerprint density at radius 1 is 1.00 bits per heavy atom. The van der Waals surface area contributed by atoms with Crippen molar-refractivity contribution in [1.82, 2.24) is 15.3 Å². The van der Waals surface area contributed by atoms with E-state index in [1.165, 1.54) is 18.4 Å². The summed E-state index contributed by atoms with van der Waals surface area (Å²) in [5, 5.41) is 29.6. The van der Waals surface area contributed by atoms with Gasteiger partial charge < -0.3 is 26.2 Å². The van der Waals surface area contributed by atoms with Gasteiger partial charge in [0.25, 0.3) is 0 Å². The molecule has 1 aliphatic rings. The van der Waals surface area contributed by atoms with Crippen molar-refractivity contribution in [2.24, 2.45) is 4.36 Å². The molecule has 1 fully saturated rings. The smallest absolute Gasteiger partial charge is 0.416 e. The van der Waals surface area contributed by atoms with Gasteiger partial charge in [-0.25, -0.2) is 18.8 Å². The van der Waals surface area contributed by atoms with E-state index < -0.39 is 33.6 Å². The average molecular weight is 728 g/mol. The second-order valence-electron chi connectivity index (χ2n) is 12.2. The molecule has 51 heavy (non-hydrogen) atoms. The van der Waals surface area contributed by atoms with Crippen LogP contribution in [0.25, 0.3) is 11.1 Å². The molecular weight excluding hydrogens is 687 g/mol. The van der Waals surface area contributed by atoms with Crippen LogP contribution in [0.1, 0.15) is 50.7 Å². The number of amides is 3. The molecule has 1 heterocycles. The predicted molar refractivity (Wildman–Crippen MR) is 191 cm³/mol. The fraction of sp³-hybridized carbons (Fsp3) is 0.314. The highest BCUT2D eigenvalue weighted by atomic mass is 32.2. The summed E-state index contributed by atoms with van der Waals surface area (Å²) in [5.41, 5.74) is 2.62. The second kappa shape index (κ2) is 16.7. The molecule has 4 aromatic rings. The van der Waals surface area contributed by atoms with Crippen LogP contribution >= 0.6 is 0 Å². The summed E-state index contributed by atoms with van der Waals surface area (Å²) in [6.07, 6.45) is -0.314. The number of aromatic nitrogens is 2. The number of benzene rings is 3. The molecule has 1 aliphatic carbocycles. The van der Waals surface area contributed by atoms with Crippen LogP contribution in [0.5, 0.6) is 0 Å². The van der Waals surface area contributed by atoms with Crippen molar-refractivity contribution in [2.45, 2.75) is 62.7 Å². The molecule has 0 saturated heterocycles. The van der Waals surface area contributed by atoms with Gasteiger partial charge >= 0.3 is 18.3 Å². The first-order chi connectivity index (χ1) is 24.0. The van der Waals surface area contributed by atoms with Gasteiger partial charge in [0.2, 0.25) is 5.95 Å². The molecule has 0 bridgehead atoms. The lowest BCUT2D eigenvalue weighted by molar-refractivity contribution is -0.137. The topological polar surface area (TPSA) is 178 Å². The van der Waals surface area contributed by atoms with Crippen LogP contribution in [0.4, 0.5) is 45.9 Å². The van der Waals surface area contributed by atoms with E-state index in [1.807, 2.05) is 0 Å². The first kappa shape index (κ1) is 38.6. The Bertz CT molecular complexity index is 1960. The van der Waals surface area contributed by atoms with E-state index in [0.29, 0.717) is 33.6 Å². The zero-order valence-electron chi connectivity index (χ0n) is 28.4. The van der Waals surface area contributed by atoms with E-state index in [9.17, 15) is 32.1 Å². The first-order valence-electron chi connectivity index (χ1n) is 16.0. The molecule has 0 radical (unpaired) electrons. The molecule has 0 aliphatic heterocycles. The minimum atomic E-state index is -4.20. The van der Waals surface area contributed by atoms with Crippen molar-refractivity contribution in [1.29, 1.82) is 0 Å². The number of anilines is 4. The third-order valence-corrected chi connectivity index (χ3v) is 9.00. The van der Waals surface area contributed by atoms with Gasteiger partial charge in [-0.05, 0) is 87.1 Å². The minimum absolute atomic E-state index is 0.130. The Labute approximate surface area is 294 Å². The summed E-state index contributed by atoms with van der Waals surface area (Å²) in [6.45, 7) is 5.24. The fourth-order valence-electron chi connectivity index (χ4n) is 4.71. The van der Waals surface area contributed by atoms with Crippen molar-refractivity contribution in [3.05, 3.63) is 90.1 Å². The Morgan fingerprint density at radius 3 is 2.29 bits per heavy atom. The van der Waals surface area contributed by atoms with E-state index in [1.54, 1.807) is 81.6 Å². The van der Waals surface area contributed by atoms with Crippen molar-refractivity contribution in [3.8, 4) is 11.1 Å². The Morgan fingerprint density at radius 2 is 1.69 bits per heavy atom. The SMILES string of the molecule is CC(C)NC(=O)N=S(C)(=O)c1cccc(Nc2ncc(-c3ccc(NC(=O)O)cc3)c(N[C@H](C)CO)n2)c1.FC(F)(F)c1cccc(C2CC2)c1. The van der Waals surface area contributed by atoms with E-state index in [4.69, 9.17) is 5.11 Å². The summed E-state index contributed by atoms with van der Waals surface area (Å²) >= 11 is 0. The Balaban J connectivity index is 0.000000372. The van der Waals surface area contributed by atoms with Crippen LogP contribution in [0.2, 0.25) is 0 Å². The van der Waals surface area contributed by atoms with Gasteiger partial charge in [0.15, 0.2) is 0 Å². The van der Waals surface area contributed by atoms with Gasteiger partial charge in [0.05, 0.1) is 21.9 Å². The minimum Gasteiger partial charge on any atom is -0.465 e. The molecule has 5 rings (SSSR count). The van der Waals surface area contributed by atoms with Gasteiger partial charge in [-0.15, -0.1) is 4.36 Å². The van der Waals surface area contributed by atoms with E-state index in [-0.39, 0.29) is 24.6 Å². The lowest BCUT2D eigenvalue weighted by Gasteiger charge is -2.17. The number of urea groups is 1. The number of aliphatic hydroxyl groups excluding tert-OH is 1. The van der Waals surface area contributed by atoms with Crippen LogP contribution in [0.15, 0.2) is 88.3 Å². The number of carboxylic acid groups (broad SMARTS) is 1. The predicted octanol–water partition coefficient (Wildman–Crippen LogP) is 7.93. The van der Waals surface area contributed by atoms with Crippen LogP contribution < -0.4 is 21.3 Å². The highest BCUT2D eigenvalue weighted by Gasteiger charge is 2.32. The highest BCUT2D eigenvalue weighted by Crippen LogP contribution is 2.41. The van der Waals surface area contributed by atoms with Crippen LogP contribution in [0.3, 0.4) is 0 Å². The number of rotatable bonds is 10. The van der Waals surface area contributed by atoms with Gasteiger partial charge in [0, 0.05) is 46.4 Å². The van der Waals surface area contributed by atoms with Crippen molar-refractivity contribution >= 4 is 45.0 Å². The van der Waals surface area contributed by atoms with Gasteiger partial charge in [-0.1, -0.05) is 36.4 Å². The van der Waals surface area contributed by atoms with E-state index in [0.717, 1.165) is 30.0 Å². The van der Waals surface area contributed by atoms with Crippen LogP contribution in [-0.4, -0.2) is 61.5 Å². The average Bonchev–Trinajstić information content (AvgIpc) is 3.91. The van der Waals surface area contributed by atoms with Crippen molar-refractivity contribution < 1.29 is 37.2 Å². The summed E-state index contributed by atoms with van der Waals surface area (Å²) in [6, 6.07) is 17.9. The second-order valence-corrected chi connectivity index (χ2v) is 14.5. The zero-order chi connectivity index (χ0) is 37.3. The molecule has 6 N–H and O–H groups in total. The fourth-order valence-corrected chi connectivity index (χ4v) is 5.86. The number of hydrogen-bond acceptors (Lipinski definition) is 8. The maximum Gasteiger partial charge on any atom is 0.416 e. The molecule has 3 amide bonds. The number of alkyl halides is 3. The number of hydrogen-bond donors (Lipinski definition) is 6. The lowest BCUT2D eigenvalue weighted by atomic mass is 10.1. The van der Waals surface area contributed by atoms with Crippen LogP contribution in [0, 0.1) is 0 Å². The Hall–Kier alpha value is -5.22. The number of halogens is 3. The summed E-state index contributed by atoms with van der Waals surface area (Å²) < 4.78 is 53.7. The maximum absolute atomic E-state index is 13.1. The maximum atomic E-state index is 13.1. The van der Waals surface area contributed by atoms with Gasteiger partial charge in [0.1, 0.15) is 5.82 Å². The van der Waals surface area contributed by atoms with Gasteiger partial charge in [-0.3, -0.25) is 5.32 Å². The first-order valence-corrected chi connectivity index (χ1v) is 17.9. The molecule has 1 unspecified atom stereocenters. The number of nitrogens with one attached hydrogen (secondary N) is 4. The third kappa shape index (κ3) is 11.7. The number of aliphatic hydroxyl groups is 1. The van der Waals surface area contributed by atoms with Crippen LogP contribution in [-0.2, 0) is 15.9 Å². The molecule has 0 spiro atoms. The zero-order valence-corrected chi connectivity index (χ0v) is 29.2. The molecule has 1 aromatic heterocycles. The quantitative estimate of drug-likeness (QED) is 0.0947. The lowest BCUT2D eigenvalue weighted by Crippen LogP contribution is -2.28. The number of carbonyl (C=O) groups is 2. The molecule has 1 saturated carbocycles. The van der Waals surface area contributed by atoms with Gasteiger partial charge in [-0.2, -0.15) is 18.2 Å². The molecule has 3 aromatic carbocycles. The Kier molecular flexibility index (Phi) is 12.6. The monoisotopic (exact) mass is 727 g/mol. The highest BCUT2D eigenvalue weighted by molar-refractivity contribution is 7.93. The molecule has 16 heteroatoms. The molecule has 272 valence electrons.